The molecule has 0 saturated carbocycles. The smallest absolute Gasteiger partial charge is 0.262 e. The number of hydrogen-bond donors (Lipinski definition) is 2. The number of allylic oxidation sites excluding steroid dienone is 1. The summed E-state index contributed by atoms with van der Waals surface area (Å²) in [5.41, 5.74) is 2.01. The second kappa shape index (κ2) is 7.93. The number of carbonyl (C=O) groups is 1. The van der Waals surface area contributed by atoms with Gasteiger partial charge in [-0.15, -0.1) is 6.58 Å². The molecule has 0 aliphatic rings. The highest BCUT2D eigenvalue weighted by Crippen LogP contribution is 2.11. The van der Waals surface area contributed by atoms with Crippen LogP contribution in [0.15, 0.2) is 66.0 Å². The summed E-state index contributed by atoms with van der Waals surface area (Å²) >= 11 is 5.22. The van der Waals surface area contributed by atoms with Crippen molar-refractivity contribution in [3.05, 3.63) is 87.4 Å². The summed E-state index contributed by atoms with van der Waals surface area (Å²) in [6, 6.07) is 14.9. The Morgan fingerprint density at radius 3 is 2.73 bits per heavy atom. The van der Waals surface area contributed by atoms with Crippen LogP contribution in [0.4, 0.5) is 0 Å². The van der Waals surface area contributed by atoms with Gasteiger partial charge in [-0.1, -0.05) is 36.4 Å². The normalized spacial score (nSPS) is 10.6. The number of hydrogen-bond acceptors (Lipinski definition) is 3. The van der Waals surface area contributed by atoms with Crippen LogP contribution < -0.4 is 10.9 Å². The molecule has 0 aliphatic carbocycles. The van der Waals surface area contributed by atoms with E-state index in [1.54, 1.807) is 24.3 Å². The Kier molecular flexibility index (Phi) is 5.43. The summed E-state index contributed by atoms with van der Waals surface area (Å²) in [6.07, 6.45) is 2.38. The number of H-pyrrole nitrogens is 1. The first kappa shape index (κ1) is 17.8. The molecule has 132 valence electrons. The molecule has 0 spiro atoms. The number of nitrogens with zero attached hydrogens (tertiary/aromatic N) is 1. The van der Waals surface area contributed by atoms with E-state index in [9.17, 15) is 9.59 Å². The largest absolute Gasteiger partial charge is 0.352 e. The molecule has 0 bridgehead atoms. The molecular formula is C20H19N3O2S. The van der Waals surface area contributed by atoms with Crippen LogP contribution in [-0.2, 0) is 13.0 Å². The molecular weight excluding hydrogens is 346 g/mol. The predicted molar refractivity (Wildman–Crippen MR) is 106 cm³/mol. The molecule has 5 nitrogen and oxygen atoms in total. The van der Waals surface area contributed by atoms with Gasteiger partial charge >= 0.3 is 0 Å². The van der Waals surface area contributed by atoms with Gasteiger partial charge in [-0.25, -0.2) is 0 Å². The zero-order valence-electron chi connectivity index (χ0n) is 14.2. The Bertz CT molecular complexity index is 1070. The topological polar surface area (TPSA) is 66.9 Å². The van der Waals surface area contributed by atoms with Crippen LogP contribution in [-0.4, -0.2) is 22.0 Å². The average molecular weight is 365 g/mol. The highest BCUT2D eigenvalue weighted by atomic mass is 32.1. The first-order valence-electron chi connectivity index (χ1n) is 8.30. The van der Waals surface area contributed by atoms with E-state index in [4.69, 9.17) is 12.2 Å². The van der Waals surface area contributed by atoms with Gasteiger partial charge in [0.05, 0.1) is 10.9 Å². The maximum absolute atomic E-state index is 12.5. The molecule has 0 saturated heterocycles. The number of aromatic amines is 1. The summed E-state index contributed by atoms with van der Waals surface area (Å²) in [5, 5.41) is 3.38. The lowest BCUT2D eigenvalue weighted by Crippen LogP contribution is -2.26. The minimum Gasteiger partial charge on any atom is -0.352 e. The Balaban J connectivity index is 1.79. The standard InChI is InChI=1S/C20H19N3O2S/c1-2-12-23-19(25)16-9-8-15(13-17(16)22-20(23)26)18(24)21-11-10-14-6-4-3-5-7-14/h2-9,13H,1,10-12H2,(H,21,24)(H,22,26). The molecule has 0 radical (unpaired) electrons. The fourth-order valence-electron chi connectivity index (χ4n) is 2.76. The minimum atomic E-state index is -0.195. The van der Waals surface area contributed by atoms with Crippen molar-refractivity contribution in [2.24, 2.45) is 0 Å². The van der Waals surface area contributed by atoms with Gasteiger partial charge in [0, 0.05) is 18.7 Å². The van der Waals surface area contributed by atoms with E-state index in [-0.39, 0.29) is 11.5 Å². The van der Waals surface area contributed by atoms with Crippen LogP contribution in [0.5, 0.6) is 0 Å². The Morgan fingerprint density at radius 2 is 2.00 bits per heavy atom. The van der Waals surface area contributed by atoms with Crippen molar-refractivity contribution in [2.75, 3.05) is 6.54 Å². The predicted octanol–water partition coefficient (Wildman–Crippen LogP) is 3.22. The molecule has 1 amide bonds. The first-order valence-corrected chi connectivity index (χ1v) is 8.71. The van der Waals surface area contributed by atoms with E-state index in [0.29, 0.717) is 34.3 Å². The monoisotopic (exact) mass is 365 g/mol. The quantitative estimate of drug-likeness (QED) is 0.521. The fourth-order valence-corrected chi connectivity index (χ4v) is 3.03. The molecule has 0 atom stereocenters. The van der Waals surface area contributed by atoms with Crippen molar-refractivity contribution in [1.82, 2.24) is 14.9 Å². The van der Waals surface area contributed by atoms with Crippen LogP contribution >= 0.6 is 12.2 Å². The van der Waals surface area contributed by atoms with E-state index < -0.39 is 0 Å². The first-order chi connectivity index (χ1) is 12.6. The number of rotatable bonds is 6. The highest BCUT2D eigenvalue weighted by Gasteiger charge is 2.10. The fraction of sp³-hybridized carbons (Fsp3) is 0.150. The molecule has 0 unspecified atom stereocenters. The Labute approximate surface area is 156 Å². The summed E-state index contributed by atoms with van der Waals surface area (Å²) in [4.78, 5) is 27.9. The van der Waals surface area contributed by atoms with E-state index >= 15 is 0 Å². The lowest BCUT2D eigenvalue weighted by molar-refractivity contribution is 0.0954. The van der Waals surface area contributed by atoms with Crippen molar-refractivity contribution >= 4 is 29.0 Å². The third kappa shape index (κ3) is 3.81. The Hall–Kier alpha value is -2.99. The molecule has 6 heteroatoms. The molecule has 26 heavy (non-hydrogen) atoms. The number of carbonyl (C=O) groups excluding carboxylic acids is 1. The summed E-state index contributed by atoms with van der Waals surface area (Å²) in [6.45, 7) is 4.51. The zero-order chi connectivity index (χ0) is 18.5. The van der Waals surface area contributed by atoms with Gasteiger partial charge < -0.3 is 10.3 Å². The van der Waals surface area contributed by atoms with Crippen LogP contribution in [0.1, 0.15) is 15.9 Å². The molecule has 1 heterocycles. The summed E-state index contributed by atoms with van der Waals surface area (Å²) in [5.74, 6) is -0.183. The van der Waals surface area contributed by atoms with Gasteiger partial charge in [-0.3, -0.25) is 14.2 Å². The van der Waals surface area contributed by atoms with E-state index in [2.05, 4.69) is 16.9 Å². The number of fused-ring (bicyclic) bond motifs is 1. The molecule has 2 aromatic carbocycles. The minimum absolute atomic E-state index is 0.183. The van der Waals surface area contributed by atoms with Gasteiger partial charge in [-0.2, -0.15) is 0 Å². The van der Waals surface area contributed by atoms with Crippen molar-refractivity contribution in [3.8, 4) is 0 Å². The van der Waals surface area contributed by atoms with E-state index in [1.165, 1.54) is 4.57 Å². The van der Waals surface area contributed by atoms with Gasteiger partial charge in [0.2, 0.25) is 0 Å². The van der Waals surface area contributed by atoms with Crippen molar-refractivity contribution < 1.29 is 4.79 Å². The number of amides is 1. The molecule has 1 aromatic heterocycles. The molecule has 0 fully saturated rings. The van der Waals surface area contributed by atoms with Gasteiger partial charge in [-0.05, 0) is 42.4 Å². The van der Waals surface area contributed by atoms with Crippen LogP contribution in [0.2, 0.25) is 0 Å². The van der Waals surface area contributed by atoms with Crippen molar-refractivity contribution in [1.29, 1.82) is 0 Å². The van der Waals surface area contributed by atoms with Gasteiger partial charge in [0.25, 0.3) is 11.5 Å². The number of aromatic nitrogens is 2. The van der Waals surface area contributed by atoms with E-state index in [1.807, 2.05) is 30.3 Å². The van der Waals surface area contributed by atoms with Crippen LogP contribution in [0, 0.1) is 4.77 Å². The van der Waals surface area contributed by atoms with Gasteiger partial charge in [0.1, 0.15) is 0 Å². The SMILES string of the molecule is C=CCn1c(=S)[nH]c2cc(C(=O)NCCc3ccccc3)ccc2c1=O. The summed E-state index contributed by atoms with van der Waals surface area (Å²) in [7, 11) is 0. The van der Waals surface area contributed by atoms with Crippen molar-refractivity contribution in [2.45, 2.75) is 13.0 Å². The van der Waals surface area contributed by atoms with Crippen molar-refractivity contribution in [3.63, 3.8) is 0 Å². The maximum atomic E-state index is 12.5. The van der Waals surface area contributed by atoms with Crippen LogP contribution in [0.3, 0.4) is 0 Å². The summed E-state index contributed by atoms with van der Waals surface area (Å²) < 4.78 is 1.74. The second-order valence-electron chi connectivity index (χ2n) is 5.89. The average Bonchev–Trinajstić information content (AvgIpc) is 2.65. The van der Waals surface area contributed by atoms with Gasteiger partial charge in [0.15, 0.2) is 4.77 Å². The van der Waals surface area contributed by atoms with Crippen LogP contribution in [0.25, 0.3) is 10.9 Å². The molecule has 0 aliphatic heterocycles. The zero-order valence-corrected chi connectivity index (χ0v) is 15.0. The lowest BCUT2D eigenvalue weighted by atomic mass is 10.1. The third-order valence-corrected chi connectivity index (χ3v) is 4.42. The third-order valence-electron chi connectivity index (χ3n) is 4.10. The number of nitrogens with one attached hydrogen (secondary N) is 2. The molecule has 3 rings (SSSR count). The molecule has 3 aromatic rings. The Morgan fingerprint density at radius 1 is 1.23 bits per heavy atom. The second-order valence-corrected chi connectivity index (χ2v) is 6.27. The highest BCUT2D eigenvalue weighted by molar-refractivity contribution is 7.71. The molecule has 2 N–H and O–H groups in total. The lowest BCUT2D eigenvalue weighted by Gasteiger charge is -2.08. The maximum Gasteiger partial charge on any atom is 0.262 e. The number of benzene rings is 2. The van der Waals surface area contributed by atoms with E-state index in [0.717, 1.165) is 12.0 Å².